The van der Waals surface area contributed by atoms with E-state index in [4.69, 9.17) is 5.73 Å². The Hall–Kier alpha value is -4.37. The Morgan fingerprint density at radius 2 is 1.67 bits per heavy atom. The lowest BCUT2D eigenvalue weighted by molar-refractivity contribution is -0.119. The van der Waals surface area contributed by atoms with Crippen molar-refractivity contribution in [3.05, 3.63) is 87.2 Å². The Morgan fingerprint density at radius 1 is 0.939 bits per heavy atom. The van der Waals surface area contributed by atoms with Gasteiger partial charge in [0.1, 0.15) is 11.1 Å². The zero-order valence-corrected chi connectivity index (χ0v) is 17.9. The van der Waals surface area contributed by atoms with Crippen LogP contribution in [0.15, 0.2) is 71.5 Å². The van der Waals surface area contributed by atoms with E-state index in [2.05, 4.69) is 10.1 Å². The number of hydrogen-bond donors (Lipinski definition) is 1. The van der Waals surface area contributed by atoms with Crippen molar-refractivity contribution >= 4 is 50.1 Å². The number of thiazole rings is 1. The molecule has 0 aliphatic carbocycles. The van der Waals surface area contributed by atoms with Crippen LogP contribution in [0.25, 0.3) is 32.7 Å². The minimum atomic E-state index is -0.635. The van der Waals surface area contributed by atoms with Gasteiger partial charge in [-0.3, -0.25) is 19.3 Å². The summed E-state index contributed by atoms with van der Waals surface area (Å²) in [5, 5.41) is 6.50. The molecule has 3 aromatic carbocycles. The number of carbonyl (C=O) groups is 2. The van der Waals surface area contributed by atoms with Gasteiger partial charge in [0, 0.05) is 11.1 Å². The lowest BCUT2D eigenvalue weighted by atomic mass is 10.0. The molecule has 1 aliphatic rings. The Bertz CT molecular complexity index is 1730. The van der Waals surface area contributed by atoms with E-state index in [0.29, 0.717) is 22.0 Å². The third-order valence-electron chi connectivity index (χ3n) is 5.65. The van der Waals surface area contributed by atoms with Crippen molar-refractivity contribution in [2.75, 3.05) is 11.4 Å². The summed E-state index contributed by atoms with van der Waals surface area (Å²) in [6.07, 6.45) is 0. The molecule has 0 bridgehead atoms. The fraction of sp³-hybridized carbons (Fsp3) is 0.0417. The summed E-state index contributed by atoms with van der Waals surface area (Å²) in [5.41, 5.74) is 7.11. The van der Waals surface area contributed by atoms with Crippen molar-refractivity contribution in [1.29, 1.82) is 0 Å². The number of primary amides is 1. The summed E-state index contributed by atoms with van der Waals surface area (Å²) in [6.45, 7) is -0.264. The molecule has 0 atom stereocenters. The van der Waals surface area contributed by atoms with Gasteiger partial charge in [-0.2, -0.15) is 9.50 Å². The predicted octanol–water partition coefficient (Wildman–Crippen LogP) is 1.72. The van der Waals surface area contributed by atoms with Gasteiger partial charge in [0.15, 0.2) is 5.82 Å². The smallest absolute Gasteiger partial charge is 0.291 e. The highest BCUT2D eigenvalue weighted by Crippen LogP contribution is 2.35. The zero-order chi connectivity index (χ0) is 22.7. The number of fused-ring (bicyclic) bond motifs is 3. The second-order valence-electron chi connectivity index (χ2n) is 7.64. The lowest BCUT2D eigenvalue weighted by Gasteiger charge is -2.14. The average Bonchev–Trinajstić information content (AvgIpc) is 3.45. The highest BCUT2D eigenvalue weighted by Gasteiger charge is 2.35. The van der Waals surface area contributed by atoms with Crippen LogP contribution in [0.5, 0.6) is 0 Å². The fourth-order valence-electron chi connectivity index (χ4n) is 4.23. The summed E-state index contributed by atoms with van der Waals surface area (Å²) in [4.78, 5) is 44.3. The largest absolute Gasteiger partial charge is 0.368 e. The standard InChI is InChI=1S/C24H15N5O3S/c25-18(30)12-28-17-11-4-3-9-16(17)19(22(28)31)20-23(32)29-24(33-20)26-21(27-29)15-10-5-7-13-6-1-2-8-14(13)15/h1-11H,12H2,(H2,25,30)/b20-19-. The van der Waals surface area contributed by atoms with E-state index < -0.39 is 17.4 Å². The van der Waals surface area contributed by atoms with Crippen LogP contribution >= 0.6 is 11.3 Å². The Labute approximate surface area is 190 Å². The quantitative estimate of drug-likeness (QED) is 0.447. The SMILES string of the molecule is NC(=O)CN1C(=O)/C(=c2\sc3nc(-c4cccc5ccccc45)nn3c2=O)c2ccccc21. The van der Waals surface area contributed by atoms with E-state index in [-0.39, 0.29) is 16.7 Å². The van der Waals surface area contributed by atoms with Crippen LogP contribution in [0.3, 0.4) is 0 Å². The summed E-state index contributed by atoms with van der Waals surface area (Å²) in [5.74, 6) is -0.629. The molecule has 6 rings (SSSR count). The maximum atomic E-state index is 13.3. The molecular weight excluding hydrogens is 438 g/mol. The van der Waals surface area contributed by atoms with Gasteiger partial charge in [-0.05, 0) is 16.8 Å². The molecule has 0 radical (unpaired) electrons. The number of nitrogens with zero attached hydrogens (tertiary/aromatic N) is 4. The van der Waals surface area contributed by atoms with Crippen molar-refractivity contribution in [3.63, 3.8) is 0 Å². The van der Waals surface area contributed by atoms with Crippen LogP contribution in [0.2, 0.25) is 0 Å². The van der Waals surface area contributed by atoms with E-state index in [1.165, 1.54) is 9.42 Å². The van der Waals surface area contributed by atoms with Crippen LogP contribution in [0.4, 0.5) is 5.69 Å². The van der Waals surface area contributed by atoms with Crippen LogP contribution in [0, 0.1) is 0 Å². The summed E-state index contributed by atoms with van der Waals surface area (Å²) in [6, 6.07) is 20.8. The van der Waals surface area contributed by atoms with E-state index in [9.17, 15) is 14.4 Å². The zero-order valence-electron chi connectivity index (χ0n) is 17.1. The number of carbonyl (C=O) groups excluding carboxylic acids is 2. The second-order valence-corrected chi connectivity index (χ2v) is 8.62. The number of hydrogen-bond acceptors (Lipinski definition) is 6. The molecule has 0 fully saturated rings. The number of para-hydroxylation sites is 1. The lowest BCUT2D eigenvalue weighted by Crippen LogP contribution is -2.37. The predicted molar refractivity (Wildman–Crippen MR) is 126 cm³/mol. The van der Waals surface area contributed by atoms with E-state index >= 15 is 0 Å². The molecule has 160 valence electrons. The minimum Gasteiger partial charge on any atom is -0.368 e. The molecule has 33 heavy (non-hydrogen) atoms. The third-order valence-corrected chi connectivity index (χ3v) is 6.68. The van der Waals surface area contributed by atoms with Crippen molar-refractivity contribution in [2.24, 2.45) is 5.73 Å². The van der Waals surface area contributed by atoms with Crippen LogP contribution in [-0.4, -0.2) is 33.0 Å². The van der Waals surface area contributed by atoms with Crippen LogP contribution in [0.1, 0.15) is 5.56 Å². The van der Waals surface area contributed by atoms with Crippen molar-refractivity contribution in [1.82, 2.24) is 14.6 Å². The first-order valence-corrected chi connectivity index (χ1v) is 11.0. The molecule has 1 aliphatic heterocycles. The first kappa shape index (κ1) is 19.3. The van der Waals surface area contributed by atoms with Crippen molar-refractivity contribution in [2.45, 2.75) is 0 Å². The molecule has 8 nitrogen and oxygen atoms in total. The molecule has 0 saturated heterocycles. The Balaban J connectivity index is 1.56. The van der Waals surface area contributed by atoms with Crippen LogP contribution < -0.4 is 20.7 Å². The van der Waals surface area contributed by atoms with E-state index in [1.54, 1.807) is 24.3 Å². The third kappa shape index (κ3) is 2.86. The van der Waals surface area contributed by atoms with Gasteiger partial charge >= 0.3 is 0 Å². The number of benzene rings is 3. The van der Waals surface area contributed by atoms with Crippen LogP contribution in [-0.2, 0) is 9.59 Å². The topological polar surface area (TPSA) is 111 Å². The molecule has 9 heteroatoms. The van der Waals surface area contributed by atoms with Gasteiger partial charge in [-0.15, -0.1) is 5.10 Å². The maximum absolute atomic E-state index is 13.3. The van der Waals surface area contributed by atoms with E-state index in [1.807, 2.05) is 42.5 Å². The molecule has 2 aromatic heterocycles. The Morgan fingerprint density at radius 3 is 2.48 bits per heavy atom. The van der Waals surface area contributed by atoms with Gasteiger partial charge in [-0.25, -0.2) is 0 Å². The fourth-order valence-corrected chi connectivity index (χ4v) is 5.23. The molecule has 2 amide bonds. The monoisotopic (exact) mass is 453 g/mol. The van der Waals surface area contributed by atoms with E-state index in [0.717, 1.165) is 27.7 Å². The number of amides is 2. The van der Waals surface area contributed by atoms with Gasteiger partial charge in [0.05, 0.1) is 11.3 Å². The molecule has 3 heterocycles. The maximum Gasteiger partial charge on any atom is 0.291 e. The number of rotatable bonds is 3. The normalized spacial score (nSPS) is 14.9. The molecule has 0 spiro atoms. The van der Waals surface area contributed by atoms with Gasteiger partial charge < -0.3 is 5.73 Å². The Kier molecular flexibility index (Phi) is 4.14. The second kappa shape index (κ2) is 7.07. The van der Waals surface area contributed by atoms with Gasteiger partial charge in [0.2, 0.25) is 10.9 Å². The first-order chi connectivity index (χ1) is 16.0. The average molecular weight is 453 g/mol. The van der Waals surface area contributed by atoms with Crippen molar-refractivity contribution < 1.29 is 9.59 Å². The number of anilines is 1. The molecular formula is C24H15N5O3S. The highest BCUT2D eigenvalue weighted by atomic mass is 32.1. The summed E-state index contributed by atoms with van der Waals surface area (Å²) < 4.78 is 1.47. The highest BCUT2D eigenvalue weighted by molar-refractivity contribution is 7.15. The molecule has 0 unspecified atom stereocenters. The molecule has 5 aromatic rings. The van der Waals surface area contributed by atoms with Gasteiger partial charge in [0.25, 0.3) is 11.5 Å². The first-order valence-electron chi connectivity index (χ1n) is 10.1. The van der Waals surface area contributed by atoms with Gasteiger partial charge in [-0.1, -0.05) is 72.0 Å². The molecule has 2 N–H and O–H groups in total. The number of aromatic nitrogens is 3. The minimum absolute atomic E-state index is 0.235. The van der Waals surface area contributed by atoms with Crippen molar-refractivity contribution in [3.8, 4) is 11.4 Å². The summed E-state index contributed by atoms with van der Waals surface area (Å²) >= 11 is 1.11. The number of nitrogens with two attached hydrogens (primary N) is 1. The summed E-state index contributed by atoms with van der Waals surface area (Å²) in [7, 11) is 0. The molecule has 0 saturated carbocycles.